The van der Waals surface area contributed by atoms with Crippen molar-refractivity contribution in [3.63, 3.8) is 0 Å². The average molecular weight is 424 g/mol. The number of thiophene rings is 1. The highest BCUT2D eigenvalue weighted by Crippen LogP contribution is 2.31. The Balaban J connectivity index is 1.73. The van der Waals surface area contributed by atoms with E-state index in [2.05, 4.69) is 0 Å². The largest absolute Gasteiger partial charge is 0.451 e. The highest BCUT2D eigenvalue weighted by atomic mass is 35.5. The number of aryl methyl sites for hydroxylation is 1. The van der Waals surface area contributed by atoms with Crippen LogP contribution in [0.1, 0.15) is 27.4 Å². The van der Waals surface area contributed by atoms with Gasteiger partial charge >= 0.3 is 0 Å². The minimum absolute atomic E-state index is 0.00474. The smallest absolute Gasteiger partial charge is 0.290 e. The summed E-state index contributed by atoms with van der Waals surface area (Å²) in [7, 11) is -3.11. The molecule has 1 aromatic carbocycles. The summed E-state index contributed by atoms with van der Waals surface area (Å²) in [6.45, 7) is 2.19. The third-order valence-corrected chi connectivity index (χ3v) is 7.76. The van der Waals surface area contributed by atoms with E-state index in [1.807, 2.05) is 24.4 Å². The van der Waals surface area contributed by atoms with Gasteiger partial charge < -0.3 is 9.32 Å². The van der Waals surface area contributed by atoms with Gasteiger partial charge in [-0.3, -0.25) is 4.79 Å². The van der Waals surface area contributed by atoms with Crippen LogP contribution in [0.5, 0.6) is 0 Å². The van der Waals surface area contributed by atoms with E-state index in [1.54, 1.807) is 34.4 Å². The summed E-state index contributed by atoms with van der Waals surface area (Å²) in [5.41, 5.74) is 1.31. The van der Waals surface area contributed by atoms with Crippen LogP contribution in [0.15, 0.2) is 40.1 Å². The molecule has 8 heteroatoms. The summed E-state index contributed by atoms with van der Waals surface area (Å²) >= 11 is 7.61. The molecule has 1 aliphatic rings. The van der Waals surface area contributed by atoms with Crippen molar-refractivity contribution in [2.24, 2.45) is 0 Å². The summed E-state index contributed by atoms with van der Waals surface area (Å²) in [6.07, 6.45) is 0.449. The van der Waals surface area contributed by atoms with Gasteiger partial charge in [-0.05, 0) is 43.0 Å². The zero-order chi connectivity index (χ0) is 19.2. The van der Waals surface area contributed by atoms with Crippen LogP contribution in [0.3, 0.4) is 0 Å². The van der Waals surface area contributed by atoms with E-state index in [-0.39, 0.29) is 29.2 Å². The molecule has 0 radical (unpaired) electrons. The second-order valence-corrected chi connectivity index (χ2v) is 10.5. The first-order valence-corrected chi connectivity index (χ1v) is 11.6. The first-order chi connectivity index (χ1) is 12.8. The van der Waals surface area contributed by atoms with Crippen molar-refractivity contribution in [2.75, 3.05) is 11.5 Å². The third-order valence-electron chi connectivity index (χ3n) is 4.91. The van der Waals surface area contributed by atoms with Gasteiger partial charge in [-0.25, -0.2) is 8.42 Å². The second-order valence-electron chi connectivity index (χ2n) is 6.77. The highest BCUT2D eigenvalue weighted by Gasteiger charge is 2.36. The van der Waals surface area contributed by atoms with Gasteiger partial charge in [0.15, 0.2) is 15.6 Å². The minimum atomic E-state index is -3.11. The van der Waals surface area contributed by atoms with Gasteiger partial charge in [0.2, 0.25) is 0 Å². The molecule has 4 rings (SSSR count). The third kappa shape index (κ3) is 3.63. The fourth-order valence-corrected chi connectivity index (χ4v) is 6.09. The Labute approximate surface area is 166 Å². The van der Waals surface area contributed by atoms with Gasteiger partial charge in [0.05, 0.1) is 18.1 Å². The van der Waals surface area contributed by atoms with E-state index in [9.17, 15) is 13.2 Å². The molecule has 3 aromatic rings. The number of furan rings is 1. The number of halogens is 1. The SMILES string of the molecule is Cc1c(C(=O)N(Cc2cccs2)C2CCS(=O)(=O)C2)oc2ccc(Cl)cc12. The van der Waals surface area contributed by atoms with Gasteiger partial charge in [0, 0.05) is 26.9 Å². The summed E-state index contributed by atoms with van der Waals surface area (Å²) < 4.78 is 29.8. The van der Waals surface area contributed by atoms with Crippen LogP contribution < -0.4 is 0 Å². The van der Waals surface area contributed by atoms with Crippen molar-refractivity contribution in [1.82, 2.24) is 4.90 Å². The molecule has 0 saturated carbocycles. The lowest BCUT2D eigenvalue weighted by Crippen LogP contribution is -2.40. The monoisotopic (exact) mass is 423 g/mol. The predicted molar refractivity (Wildman–Crippen MR) is 107 cm³/mol. The molecule has 1 saturated heterocycles. The molecular weight excluding hydrogens is 406 g/mol. The van der Waals surface area contributed by atoms with Crippen molar-refractivity contribution in [3.05, 3.63) is 56.9 Å². The summed E-state index contributed by atoms with van der Waals surface area (Å²) in [5, 5.41) is 3.31. The molecule has 1 atom stereocenters. The molecule has 142 valence electrons. The molecule has 1 unspecified atom stereocenters. The van der Waals surface area contributed by atoms with Crippen LogP contribution in [-0.4, -0.2) is 36.8 Å². The highest BCUT2D eigenvalue weighted by molar-refractivity contribution is 7.91. The Hall–Kier alpha value is -1.83. The number of rotatable bonds is 4. The lowest BCUT2D eigenvalue weighted by Gasteiger charge is -2.27. The van der Waals surface area contributed by atoms with Crippen LogP contribution >= 0.6 is 22.9 Å². The normalized spacial score (nSPS) is 18.8. The van der Waals surface area contributed by atoms with Gasteiger partial charge in [0.1, 0.15) is 5.58 Å². The van der Waals surface area contributed by atoms with Crippen molar-refractivity contribution in [3.8, 4) is 0 Å². The first kappa shape index (κ1) is 18.5. The van der Waals surface area contributed by atoms with Crippen molar-refractivity contribution in [1.29, 1.82) is 0 Å². The Kier molecular flexibility index (Phi) is 4.78. The van der Waals surface area contributed by atoms with Crippen LogP contribution in [0.25, 0.3) is 11.0 Å². The molecule has 5 nitrogen and oxygen atoms in total. The number of sulfone groups is 1. The van der Waals surface area contributed by atoms with Gasteiger partial charge in [-0.15, -0.1) is 11.3 Å². The summed E-state index contributed by atoms with van der Waals surface area (Å²) in [6, 6.07) is 8.75. The molecular formula is C19H18ClNO4S2. The number of nitrogens with zero attached hydrogens (tertiary/aromatic N) is 1. The minimum Gasteiger partial charge on any atom is -0.451 e. The Morgan fingerprint density at radius 2 is 2.19 bits per heavy atom. The number of carbonyl (C=O) groups is 1. The van der Waals surface area contributed by atoms with Crippen molar-refractivity contribution < 1.29 is 17.6 Å². The Bertz CT molecular complexity index is 1100. The molecule has 0 bridgehead atoms. The number of fused-ring (bicyclic) bond motifs is 1. The van der Waals surface area contributed by atoms with E-state index < -0.39 is 9.84 Å². The van der Waals surface area contributed by atoms with Crippen molar-refractivity contribution in [2.45, 2.75) is 25.9 Å². The quantitative estimate of drug-likeness (QED) is 0.627. The van der Waals surface area contributed by atoms with E-state index in [4.69, 9.17) is 16.0 Å². The molecule has 1 fully saturated rings. The van der Waals surface area contributed by atoms with Crippen molar-refractivity contribution >= 4 is 49.7 Å². The molecule has 27 heavy (non-hydrogen) atoms. The standard InChI is InChI=1S/C19H18ClNO4S2/c1-12-16-9-13(20)4-5-17(16)25-18(12)19(22)21(10-15-3-2-7-26-15)14-6-8-27(23,24)11-14/h2-5,7,9,14H,6,8,10-11H2,1H3. The van der Waals surface area contributed by atoms with Crippen LogP contribution in [0, 0.1) is 6.92 Å². The number of hydrogen-bond acceptors (Lipinski definition) is 5. The van der Waals surface area contributed by atoms with E-state index in [1.165, 1.54) is 0 Å². The zero-order valence-corrected chi connectivity index (χ0v) is 17.0. The number of benzene rings is 1. The maximum atomic E-state index is 13.4. The van der Waals surface area contributed by atoms with E-state index in [0.29, 0.717) is 23.6 Å². The molecule has 2 aromatic heterocycles. The molecule has 0 N–H and O–H groups in total. The average Bonchev–Trinajstić information content (AvgIpc) is 3.33. The topological polar surface area (TPSA) is 67.6 Å². The molecule has 0 spiro atoms. The lowest BCUT2D eigenvalue weighted by atomic mass is 10.1. The van der Waals surface area contributed by atoms with Crippen LogP contribution in [0.4, 0.5) is 0 Å². The fraction of sp³-hybridized carbons (Fsp3) is 0.316. The second kappa shape index (κ2) is 6.96. The van der Waals surface area contributed by atoms with E-state index in [0.717, 1.165) is 15.8 Å². The zero-order valence-electron chi connectivity index (χ0n) is 14.6. The van der Waals surface area contributed by atoms with E-state index >= 15 is 0 Å². The maximum Gasteiger partial charge on any atom is 0.290 e. The Morgan fingerprint density at radius 1 is 1.37 bits per heavy atom. The van der Waals surface area contributed by atoms with Gasteiger partial charge in [-0.1, -0.05) is 17.7 Å². The van der Waals surface area contributed by atoms with Crippen LogP contribution in [-0.2, 0) is 16.4 Å². The van der Waals surface area contributed by atoms with Crippen LogP contribution in [0.2, 0.25) is 5.02 Å². The molecule has 1 aliphatic heterocycles. The maximum absolute atomic E-state index is 13.4. The number of amides is 1. The summed E-state index contributed by atoms with van der Waals surface area (Å²) in [4.78, 5) is 16.0. The summed E-state index contributed by atoms with van der Waals surface area (Å²) in [5.74, 6) is 0.0685. The fourth-order valence-electron chi connectivity index (χ4n) is 3.49. The first-order valence-electron chi connectivity index (χ1n) is 8.56. The predicted octanol–water partition coefficient (Wildman–Crippen LogP) is 4.29. The molecule has 1 amide bonds. The lowest BCUT2D eigenvalue weighted by molar-refractivity contribution is 0.0651. The Morgan fingerprint density at radius 3 is 2.85 bits per heavy atom. The number of hydrogen-bond donors (Lipinski definition) is 0. The van der Waals surface area contributed by atoms with Gasteiger partial charge in [-0.2, -0.15) is 0 Å². The molecule has 3 heterocycles. The molecule has 0 aliphatic carbocycles. The van der Waals surface area contributed by atoms with Gasteiger partial charge in [0.25, 0.3) is 5.91 Å². The number of carbonyl (C=O) groups excluding carboxylic acids is 1.